The molecule has 0 radical (unpaired) electrons. The first kappa shape index (κ1) is 23.0. The Hall–Kier alpha value is -3.66. The molecule has 0 atom stereocenters. The number of nitrogens with one attached hydrogen (secondary N) is 1. The number of rotatable bonds is 11. The Kier molecular flexibility index (Phi) is 7.98. The number of aliphatic hydroxyl groups is 1. The van der Waals surface area contributed by atoms with Crippen molar-refractivity contribution in [1.82, 2.24) is 10.3 Å². The van der Waals surface area contributed by atoms with E-state index in [2.05, 4.69) is 15.0 Å². The quantitative estimate of drug-likeness (QED) is 0.462. The highest BCUT2D eigenvalue weighted by atomic mass is 19.3. The van der Waals surface area contributed by atoms with Crippen LogP contribution in [0, 0.1) is 0 Å². The first-order valence-corrected chi connectivity index (χ1v) is 9.79. The zero-order chi connectivity index (χ0) is 22.9. The predicted molar refractivity (Wildman–Crippen MR) is 110 cm³/mol. The van der Waals surface area contributed by atoms with Gasteiger partial charge in [-0.05, 0) is 37.3 Å². The van der Waals surface area contributed by atoms with Crippen molar-refractivity contribution in [3.63, 3.8) is 0 Å². The molecular weight excluding hydrogens is 426 g/mol. The fraction of sp³-hybridized carbons (Fsp3) is 0.273. The van der Waals surface area contributed by atoms with Crippen LogP contribution in [0.5, 0.6) is 17.2 Å². The summed E-state index contributed by atoms with van der Waals surface area (Å²) >= 11 is 0. The highest BCUT2D eigenvalue weighted by Crippen LogP contribution is 2.33. The van der Waals surface area contributed by atoms with Gasteiger partial charge < -0.3 is 29.1 Å². The first-order chi connectivity index (χ1) is 15.5. The standard InChI is InChI=1S/C22H22F2N2O6/c1-2-29-19-11-14(7-8-18(19)32-22(23)24)21-26-15(13-31-21)12-25-20(28)16-5-3-4-6-17(16)30-10-9-27/h3-8,11,13,22,27H,2,9-10,12H2,1H3,(H,25,28). The van der Waals surface area contributed by atoms with Crippen LogP contribution >= 0.6 is 0 Å². The molecule has 8 nitrogen and oxygen atoms in total. The molecule has 3 aromatic rings. The summed E-state index contributed by atoms with van der Waals surface area (Å²) in [6.45, 7) is -1.01. The van der Waals surface area contributed by atoms with E-state index in [0.717, 1.165) is 0 Å². The number of ether oxygens (including phenoxy) is 3. The number of para-hydroxylation sites is 1. The van der Waals surface area contributed by atoms with Gasteiger partial charge in [0, 0.05) is 5.56 Å². The third-order valence-electron chi connectivity index (χ3n) is 4.17. The molecule has 0 fully saturated rings. The zero-order valence-corrected chi connectivity index (χ0v) is 17.2. The molecule has 32 heavy (non-hydrogen) atoms. The third-order valence-corrected chi connectivity index (χ3v) is 4.17. The number of carbonyl (C=O) groups is 1. The molecule has 0 saturated carbocycles. The Bertz CT molecular complexity index is 1040. The molecule has 0 saturated heterocycles. The Morgan fingerprint density at radius 1 is 1.16 bits per heavy atom. The van der Waals surface area contributed by atoms with E-state index in [9.17, 15) is 13.6 Å². The number of aromatic nitrogens is 1. The maximum atomic E-state index is 12.6. The van der Waals surface area contributed by atoms with Crippen LogP contribution in [0.15, 0.2) is 53.1 Å². The van der Waals surface area contributed by atoms with Crippen LogP contribution in [0.2, 0.25) is 0 Å². The van der Waals surface area contributed by atoms with Crippen LogP contribution in [-0.4, -0.2) is 42.4 Å². The molecule has 170 valence electrons. The van der Waals surface area contributed by atoms with Crippen LogP contribution < -0.4 is 19.5 Å². The Labute approximate surface area is 182 Å². The maximum absolute atomic E-state index is 12.6. The third kappa shape index (κ3) is 5.94. The number of nitrogens with zero attached hydrogens (tertiary/aromatic N) is 1. The molecule has 2 N–H and O–H groups in total. The average molecular weight is 448 g/mol. The van der Waals surface area contributed by atoms with Gasteiger partial charge in [-0.3, -0.25) is 4.79 Å². The van der Waals surface area contributed by atoms with Crippen molar-refractivity contribution >= 4 is 5.91 Å². The van der Waals surface area contributed by atoms with Gasteiger partial charge >= 0.3 is 6.61 Å². The van der Waals surface area contributed by atoms with Gasteiger partial charge in [0.15, 0.2) is 11.5 Å². The molecular formula is C22H22F2N2O6. The van der Waals surface area contributed by atoms with E-state index in [1.54, 1.807) is 31.2 Å². The lowest BCUT2D eigenvalue weighted by atomic mass is 10.2. The van der Waals surface area contributed by atoms with Crippen LogP contribution in [-0.2, 0) is 6.54 Å². The number of halogens is 2. The number of alkyl halides is 2. The lowest BCUT2D eigenvalue weighted by Gasteiger charge is -2.11. The largest absolute Gasteiger partial charge is 0.490 e. The summed E-state index contributed by atoms with van der Waals surface area (Å²) in [5, 5.41) is 11.6. The average Bonchev–Trinajstić information content (AvgIpc) is 3.26. The molecule has 1 heterocycles. The minimum Gasteiger partial charge on any atom is -0.490 e. The zero-order valence-electron chi connectivity index (χ0n) is 17.2. The molecule has 0 spiro atoms. The number of amides is 1. The molecule has 3 rings (SSSR count). The van der Waals surface area contributed by atoms with Crippen molar-refractivity contribution in [1.29, 1.82) is 0 Å². The van der Waals surface area contributed by atoms with Gasteiger partial charge in [0.05, 0.1) is 31.0 Å². The minimum atomic E-state index is -2.98. The normalized spacial score (nSPS) is 10.8. The molecule has 2 aromatic carbocycles. The van der Waals surface area contributed by atoms with Crippen molar-refractivity contribution < 1.29 is 37.3 Å². The minimum absolute atomic E-state index is 0.0712. The topological polar surface area (TPSA) is 103 Å². The summed E-state index contributed by atoms with van der Waals surface area (Å²) in [6.07, 6.45) is 1.38. The van der Waals surface area contributed by atoms with Gasteiger partial charge in [-0.1, -0.05) is 12.1 Å². The van der Waals surface area contributed by atoms with Crippen LogP contribution in [0.4, 0.5) is 8.78 Å². The number of oxazole rings is 1. The van der Waals surface area contributed by atoms with E-state index < -0.39 is 6.61 Å². The van der Waals surface area contributed by atoms with E-state index in [4.69, 9.17) is 19.0 Å². The molecule has 10 heteroatoms. The van der Waals surface area contributed by atoms with Gasteiger partial charge in [-0.25, -0.2) is 4.98 Å². The smallest absolute Gasteiger partial charge is 0.387 e. The van der Waals surface area contributed by atoms with Gasteiger partial charge in [-0.15, -0.1) is 0 Å². The van der Waals surface area contributed by atoms with Crippen molar-refractivity contribution in [3.05, 3.63) is 60.0 Å². The molecule has 0 aliphatic carbocycles. The van der Waals surface area contributed by atoms with Gasteiger partial charge in [0.25, 0.3) is 5.91 Å². The fourth-order valence-corrected chi connectivity index (χ4v) is 2.83. The lowest BCUT2D eigenvalue weighted by Crippen LogP contribution is -2.23. The van der Waals surface area contributed by atoms with Gasteiger partial charge in [0.2, 0.25) is 5.89 Å². The number of carbonyl (C=O) groups excluding carboxylic acids is 1. The second-order valence-electron chi connectivity index (χ2n) is 6.37. The maximum Gasteiger partial charge on any atom is 0.387 e. The predicted octanol–water partition coefficient (Wildman–Crippen LogP) is 3.64. The van der Waals surface area contributed by atoms with E-state index in [-0.39, 0.29) is 49.7 Å². The number of benzene rings is 2. The molecule has 0 aliphatic heterocycles. The summed E-state index contributed by atoms with van der Waals surface area (Å²) < 4.78 is 45.8. The first-order valence-electron chi connectivity index (χ1n) is 9.79. The fourth-order valence-electron chi connectivity index (χ4n) is 2.83. The van der Waals surface area contributed by atoms with Crippen molar-refractivity contribution in [2.24, 2.45) is 0 Å². The van der Waals surface area contributed by atoms with Crippen LogP contribution in [0.3, 0.4) is 0 Å². The van der Waals surface area contributed by atoms with E-state index >= 15 is 0 Å². The van der Waals surface area contributed by atoms with Crippen molar-refractivity contribution in [2.45, 2.75) is 20.1 Å². The van der Waals surface area contributed by atoms with E-state index in [1.165, 1.54) is 24.5 Å². The monoisotopic (exact) mass is 448 g/mol. The van der Waals surface area contributed by atoms with E-state index in [1.807, 2.05) is 0 Å². The SMILES string of the molecule is CCOc1cc(-c2nc(CNC(=O)c3ccccc3OCCO)co2)ccc1OC(F)F. The van der Waals surface area contributed by atoms with Gasteiger partial charge in [0.1, 0.15) is 18.6 Å². The number of hydrogen-bond donors (Lipinski definition) is 2. The highest BCUT2D eigenvalue weighted by molar-refractivity contribution is 5.96. The second kappa shape index (κ2) is 11.1. The molecule has 0 unspecified atom stereocenters. The number of aliphatic hydroxyl groups excluding tert-OH is 1. The number of hydrogen-bond acceptors (Lipinski definition) is 7. The molecule has 1 aromatic heterocycles. The van der Waals surface area contributed by atoms with Crippen molar-refractivity contribution in [3.8, 4) is 28.7 Å². The van der Waals surface area contributed by atoms with E-state index in [0.29, 0.717) is 22.6 Å². The Morgan fingerprint density at radius 2 is 1.97 bits per heavy atom. The summed E-state index contributed by atoms with van der Waals surface area (Å²) in [6, 6.07) is 11.0. The molecule has 0 bridgehead atoms. The summed E-state index contributed by atoms with van der Waals surface area (Å²) in [4.78, 5) is 16.8. The summed E-state index contributed by atoms with van der Waals surface area (Å²) in [7, 11) is 0. The van der Waals surface area contributed by atoms with Crippen molar-refractivity contribution in [2.75, 3.05) is 19.8 Å². The van der Waals surface area contributed by atoms with Gasteiger partial charge in [-0.2, -0.15) is 8.78 Å². The lowest BCUT2D eigenvalue weighted by molar-refractivity contribution is -0.0514. The molecule has 0 aliphatic rings. The van der Waals surface area contributed by atoms with Crippen LogP contribution in [0.1, 0.15) is 23.0 Å². The Balaban J connectivity index is 1.69. The van der Waals surface area contributed by atoms with Crippen LogP contribution in [0.25, 0.3) is 11.5 Å². The second-order valence-corrected chi connectivity index (χ2v) is 6.37. The summed E-state index contributed by atoms with van der Waals surface area (Å²) in [5.41, 5.74) is 1.27. The summed E-state index contributed by atoms with van der Waals surface area (Å²) in [5.74, 6) is 0.250. The Morgan fingerprint density at radius 3 is 2.72 bits per heavy atom. The molecule has 1 amide bonds. The highest BCUT2D eigenvalue weighted by Gasteiger charge is 2.16.